The average molecular weight is 323 g/mol. The number of rotatable bonds is 5. The van der Waals surface area contributed by atoms with Crippen LogP contribution in [-0.4, -0.2) is 69.4 Å². The summed E-state index contributed by atoms with van der Waals surface area (Å²) in [4.78, 5) is 1.92. The lowest BCUT2D eigenvalue weighted by Gasteiger charge is -2.43. The number of piperidine rings is 1. The Bertz CT molecular complexity index is 289. The van der Waals surface area contributed by atoms with Gasteiger partial charge in [-0.25, -0.2) is 0 Å². The molecule has 5 nitrogen and oxygen atoms in total. The number of halogens is 1. The van der Waals surface area contributed by atoms with E-state index in [9.17, 15) is 20.4 Å². The van der Waals surface area contributed by atoms with Gasteiger partial charge in [-0.1, -0.05) is 32.1 Å². The molecule has 1 saturated heterocycles. The van der Waals surface area contributed by atoms with E-state index < -0.39 is 24.4 Å². The predicted molar refractivity (Wildman–Crippen MR) is 82.1 cm³/mol. The molecule has 2 aliphatic rings. The van der Waals surface area contributed by atoms with E-state index in [1.54, 1.807) is 0 Å². The molecule has 0 bridgehead atoms. The Balaban J connectivity index is 0.00000220. The van der Waals surface area contributed by atoms with E-state index in [0.29, 0.717) is 6.54 Å². The van der Waals surface area contributed by atoms with Crippen molar-refractivity contribution >= 4 is 12.4 Å². The van der Waals surface area contributed by atoms with Gasteiger partial charge in [0.2, 0.25) is 0 Å². The fourth-order valence-electron chi connectivity index (χ4n) is 3.69. The third-order valence-corrected chi connectivity index (χ3v) is 5.00. The van der Waals surface area contributed by atoms with Gasteiger partial charge in [0.25, 0.3) is 0 Å². The van der Waals surface area contributed by atoms with Crippen LogP contribution in [0.1, 0.15) is 44.9 Å². The number of likely N-dealkylation sites (tertiary alicyclic amines) is 1. The smallest absolute Gasteiger partial charge is 0.109 e. The number of β-amino-alcohol motifs (C(OH)–C–C–N with tert-alkyl or cyclic N) is 1. The summed E-state index contributed by atoms with van der Waals surface area (Å²) in [7, 11) is 0. The highest BCUT2D eigenvalue weighted by Crippen LogP contribution is 2.28. The van der Waals surface area contributed by atoms with Gasteiger partial charge in [-0.05, 0) is 25.3 Å². The molecule has 125 valence electrons. The maximum absolute atomic E-state index is 9.91. The predicted octanol–water partition coefficient (Wildman–Crippen LogP) is 0.796. The molecule has 4 N–H and O–H groups in total. The molecule has 4 atom stereocenters. The summed E-state index contributed by atoms with van der Waals surface area (Å²) < 4.78 is 0. The number of hydrogen-bond acceptors (Lipinski definition) is 5. The minimum atomic E-state index is -1.15. The van der Waals surface area contributed by atoms with E-state index in [4.69, 9.17) is 0 Å². The molecule has 0 aromatic heterocycles. The van der Waals surface area contributed by atoms with Crippen molar-refractivity contribution in [1.82, 2.24) is 4.90 Å². The molecule has 1 saturated carbocycles. The molecule has 0 aromatic rings. The van der Waals surface area contributed by atoms with Crippen molar-refractivity contribution in [2.75, 3.05) is 19.7 Å². The quantitative estimate of drug-likeness (QED) is 0.601. The first-order valence-electron chi connectivity index (χ1n) is 8.02. The second kappa shape index (κ2) is 9.28. The van der Waals surface area contributed by atoms with Gasteiger partial charge in [0.15, 0.2) is 0 Å². The molecule has 1 radical (unpaired) electrons. The van der Waals surface area contributed by atoms with Crippen molar-refractivity contribution in [3.8, 4) is 0 Å². The van der Waals surface area contributed by atoms with Crippen molar-refractivity contribution in [3.63, 3.8) is 0 Å². The van der Waals surface area contributed by atoms with Crippen molar-refractivity contribution in [2.24, 2.45) is 5.92 Å². The van der Waals surface area contributed by atoms with E-state index in [0.717, 1.165) is 18.9 Å². The second-order valence-electron chi connectivity index (χ2n) is 6.44. The van der Waals surface area contributed by atoms with Crippen LogP contribution in [0.2, 0.25) is 0 Å². The zero-order valence-electron chi connectivity index (χ0n) is 12.6. The number of nitrogens with zero attached hydrogens (tertiary/aromatic N) is 1. The number of aliphatic hydroxyl groups is 4. The van der Waals surface area contributed by atoms with Crippen molar-refractivity contribution in [1.29, 1.82) is 0 Å². The fraction of sp³-hybridized carbons (Fsp3) is 1.00. The largest absolute Gasteiger partial charge is 0.395 e. The minimum absolute atomic E-state index is 0. The number of aliphatic hydroxyl groups excluding tert-OH is 4. The summed E-state index contributed by atoms with van der Waals surface area (Å²) in [6.45, 7) is 0.908. The Hall–Kier alpha value is 0.0900. The Morgan fingerprint density at radius 3 is 2.24 bits per heavy atom. The van der Waals surface area contributed by atoms with Crippen LogP contribution < -0.4 is 0 Å². The van der Waals surface area contributed by atoms with Gasteiger partial charge in [0.05, 0.1) is 18.8 Å². The third-order valence-electron chi connectivity index (χ3n) is 5.00. The van der Waals surface area contributed by atoms with Gasteiger partial charge in [0, 0.05) is 19.0 Å². The van der Waals surface area contributed by atoms with Gasteiger partial charge < -0.3 is 20.4 Å². The maximum Gasteiger partial charge on any atom is 0.109 e. The Labute approximate surface area is 133 Å². The Morgan fingerprint density at radius 1 is 0.952 bits per heavy atom. The lowest BCUT2D eigenvalue weighted by Crippen LogP contribution is -2.62. The van der Waals surface area contributed by atoms with Crippen LogP contribution in [0, 0.1) is 5.92 Å². The van der Waals surface area contributed by atoms with Crippen LogP contribution in [0.4, 0.5) is 0 Å². The Kier molecular flexibility index (Phi) is 8.46. The van der Waals surface area contributed by atoms with Crippen LogP contribution >= 0.6 is 12.4 Å². The molecule has 0 amide bonds. The highest BCUT2D eigenvalue weighted by molar-refractivity contribution is 5.85. The monoisotopic (exact) mass is 322 g/mol. The molecule has 6 heteroatoms. The van der Waals surface area contributed by atoms with E-state index >= 15 is 0 Å². The topological polar surface area (TPSA) is 84.2 Å². The first kappa shape index (κ1) is 19.1. The molecule has 1 heterocycles. The van der Waals surface area contributed by atoms with Crippen molar-refractivity contribution in [2.45, 2.75) is 69.3 Å². The summed E-state index contributed by atoms with van der Waals surface area (Å²) in [6.07, 6.45) is 5.77. The molecular formula is C15H29ClNO4. The van der Waals surface area contributed by atoms with Crippen LogP contribution in [0.25, 0.3) is 0 Å². The number of hydrogen-bond donors (Lipinski definition) is 4. The van der Waals surface area contributed by atoms with Crippen molar-refractivity contribution in [3.05, 3.63) is 0 Å². The van der Waals surface area contributed by atoms with Gasteiger partial charge >= 0.3 is 0 Å². The van der Waals surface area contributed by atoms with Gasteiger partial charge in [-0.2, -0.15) is 0 Å². The van der Waals surface area contributed by atoms with E-state index in [-0.39, 0.29) is 19.0 Å². The van der Waals surface area contributed by atoms with E-state index in [2.05, 4.69) is 0 Å². The molecule has 0 aromatic carbocycles. The fourth-order valence-corrected chi connectivity index (χ4v) is 3.69. The summed E-state index contributed by atoms with van der Waals surface area (Å²) in [6, 6.07) is -0.459. The van der Waals surface area contributed by atoms with Crippen LogP contribution in [0.3, 0.4) is 0 Å². The van der Waals surface area contributed by atoms with Gasteiger partial charge in [0.1, 0.15) is 12.2 Å². The SMILES string of the molecule is OCC1[C@@H](O)C(O)[C@H](O)CN1CCCC1CCCCC1.[Cl]. The van der Waals surface area contributed by atoms with Crippen LogP contribution in [-0.2, 0) is 0 Å². The summed E-state index contributed by atoms with van der Waals surface area (Å²) in [5.41, 5.74) is 0. The standard InChI is InChI=1S/C15H29NO4.Cl/c17-10-12-14(19)15(20)13(18)9-16(12)8-4-7-11-5-2-1-3-6-11;/h11-15,17-20H,1-10H2;/t12?,13-,14-,15?;/m1./s1. The first-order valence-corrected chi connectivity index (χ1v) is 8.02. The first-order chi connectivity index (χ1) is 9.63. The van der Waals surface area contributed by atoms with Crippen molar-refractivity contribution < 1.29 is 20.4 Å². The van der Waals surface area contributed by atoms with Crippen LogP contribution in [0.5, 0.6) is 0 Å². The third kappa shape index (κ3) is 5.05. The van der Waals surface area contributed by atoms with Gasteiger partial charge in [-0.15, -0.1) is 0 Å². The summed E-state index contributed by atoms with van der Waals surface area (Å²) >= 11 is 0. The highest BCUT2D eigenvalue weighted by Gasteiger charge is 2.40. The molecule has 21 heavy (non-hydrogen) atoms. The summed E-state index contributed by atoms with van der Waals surface area (Å²) in [5.74, 6) is 0.821. The minimum Gasteiger partial charge on any atom is -0.395 e. The average Bonchev–Trinajstić information content (AvgIpc) is 2.46. The molecule has 2 fully saturated rings. The second-order valence-corrected chi connectivity index (χ2v) is 6.44. The van der Waals surface area contributed by atoms with E-state index in [1.165, 1.54) is 38.5 Å². The molecule has 1 aliphatic heterocycles. The maximum atomic E-state index is 9.91. The Morgan fingerprint density at radius 2 is 1.62 bits per heavy atom. The molecule has 2 unspecified atom stereocenters. The zero-order chi connectivity index (χ0) is 14.5. The lowest BCUT2D eigenvalue weighted by molar-refractivity contribution is -0.145. The molecule has 0 spiro atoms. The molecular weight excluding hydrogens is 294 g/mol. The lowest BCUT2D eigenvalue weighted by atomic mass is 9.86. The highest BCUT2D eigenvalue weighted by atomic mass is 35.5. The molecule has 1 aliphatic carbocycles. The zero-order valence-corrected chi connectivity index (χ0v) is 13.3. The summed E-state index contributed by atoms with van der Waals surface area (Å²) in [5, 5.41) is 38.7. The van der Waals surface area contributed by atoms with Gasteiger partial charge in [-0.3, -0.25) is 4.90 Å². The normalized spacial score (nSPS) is 35.4. The molecule has 2 rings (SSSR count). The van der Waals surface area contributed by atoms with Crippen LogP contribution in [0.15, 0.2) is 0 Å². The van der Waals surface area contributed by atoms with E-state index in [1.807, 2.05) is 4.90 Å².